The molecule has 0 heterocycles. The molecule has 0 aliphatic carbocycles. The van der Waals surface area contributed by atoms with E-state index in [1.807, 2.05) is 64.1 Å². The van der Waals surface area contributed by atoms with E-state index >= 15 is 0 Å². The lowest BCUT2D eigenvalue weighted by Crippen LogP contribution is -2.01. The number of nitrogens with two attached hydrogens (primary N) is 2. The highest BCUT2D eigenvalue weighted by molar-refractivity contribution is 5.85. The maximum atomic E-state index is 6.15. The summed E-state index contributed by atoms with van der Waals surface area (Å²) >= 11 is 0. The highest BCUT2D eigenvalue weighted by Crippen LogP contribution is 2.40. The summed E-state index contributed by atoms with van der Waals surface area (Å²) < 4.78 is 12.2. The van der Waals surface area contributed by atoms with Gasteiger partial charge in [-0.3, -0.25) is 0 Å². The third-order valence-corrected chi connectivity index (χ3v) is 4.40. The molecule has 0 unspecified atom stereocenters. The highest BCUT2D eigenvalue weighted by Gasteiger charge is 2.14. The van der Waals surface area contributed by atoms with Crippen molar-refractivity contribution in [1.82, 2.24) is 0 Å². The van der Waals surface area contributed by atoms with Gasteiger partial charge in [-0.25, -0.2) is 0 Å². The number of rotatable bonds is 4. The van der Waals surface area contributed by atoms with E-state index in [-0.39, 0.29) is 24.8 Å². The van der Waals surface area contributed by atoms with Crippen LogP contribution in [0.1, 0.15) is 22.3 Å². The second-order valence-electron chi connectivity index (χ2n) is 6.57. The standard InChI is InChI=1S/C22H24N2O2.2ClH/c1-13-7-5-8-14(2)21(13)25-17-11-18(23)20(24)19(12-17)26-22-15(3)9-6-10-16(22)4;;/h5-12H,23-24H2,1-4H3;2*1H. The third kappa shape index (κ3) is 4.83. The molecular weight excluding hydrogens is 395 g/mol. The van der Waals surface area contributed by atoms with E-state index < -0.39 is 0 Å². The monoisotopic (exact) mass is 420 g/mol. The van der Waals surface area contributed by atoms with Crippen LogP contribution in [0.4, 0.5) is 11.4 Å². The predicted molar refractivity (Wildman–Crippen MR) is 122 cm³/mol. The summed E-state index contributed by atoms with van der Waals surface area (Å²) in [4.78, 5) is 0. The number of benzene rings is 3. The van der Waals surface area contributed by atoms with Gasteiger partial charge in [-0.2, -0.15) is 0 Å². The number of anilines is 2. The van der Waals surface area contributed by atoms with Crippen LogP contribution >= 0.6 is 24.8 Å². The van der Waals surface area contributed by atoms with Crippen molar-refractivity contribution in [2.45, 2.75) is 27.7 Å². The molecule has 28 heavy (non-hydrogen) atoms. The van der Waals surface area contributed by atoms with Gasteiger partial charge in [0.15, 0.2) is 5.75 Å². The van der Waals surface area contributed by atoms with Crippen molar-refractivity contribution in [3.63, 3.8) is 0 Å². The van der Waals surface area contributed by atoms with Gasteiger partial charge < -0.3 is 20.9 Å². The van der Waals surface area contributed by atoms with Crippen LogP contribution < -0.4 is 20.9 Å². The van der Waals surface area contributed by atoms with Crippen molar-refractivity contribution < 1.29 is 9.47 Å². The van der Waals surface area contributed by atoms with E-state index in [9.17, 15) is 0 Å². The molecule has 150 valence electrons. The van der Waals surface area contributed by atoms with E-state index in [0.717, 1.165) is 33.8 Å². The van der Waals surface area contributed by atoms with Crippen LogP contribution in [0.3, 0.4) is 0 Å². The molecule has 0 amide bonds. The molecule has 0 bridgehead atoms. The van der Waals surface area contributed by atoms with E-state index in [1.54, 1.807) is 12.1 Å². The maximum absolute atomic E-state index is 6.15. The van der Waals surface area contributed by atoms with Crippen LogP contribution in [0, 0.1) is 27.7 Å². The Kier molecular flexibility index (Phi) is 8.03. The summed E-state index contributed by atoms with van der Waals surface area (Å²) in [6.45, 7) is 8.02. The molecule has 3 aromatic carbocycles. The van der Waals surface area contributed by atoms with E-state index in [2.05, 4.69) is 0 Å². The van der Waals surface area contributed by atoms with Gasteiger partial charge in [-0.15, -0.1) is 24.8 Å². The van der Waals surface area contributed by atoms with Crippen molar-refractivity contribution in [3.8, 4) is 23.0 Å². The van der Waals surface area contributed by atoms with Gasteiger partial charge >= 0.3 is 0 Å². The van der Waals surface area contributed by atoms with Crippen LogP contribution in [-0.2, 0) is 0 Å². The molecule has 0 radical (unpaired) electrons. The fourth-order valence-corrected chi connectivity index (χ4v) is 2.91. The van der Waals surface area contributed by atoms with Crippen molar-refractivity contribution in [2.75, 3.05) is 11.5 Å². The molecule has 3 rings (SSSR count). The average Bonchev–Trinajstić information content (AvgIpc) is 2.58. The molecule has 0 saturated heterocycles. The summed E-state index contributed by atoms with van der Waals surface area (Å²) in [5.41, 5.74) is 17.2. The smallest absolute Gasteiger partial charge is 0.156 e. The maximum Gasteiger partial charge on any atom is 0.156 e. The largest absolute Gasteiger partial charge is 0.457 e. The Labute approximate surface area is 178 Å². The Morgan fingerprint density at radius 1 is 0.643 bits per heavy atom. The summed E-state index contributed by atoms with van der Waals surface area (Å²) in [6.07, 6.45) is 0. The van der Waals surface area contributed by atoms with Crippen molar-refractivity contribution in [1.29, 1.82) is 0 Å². The first-order valence-electron chi connectivity index (χ1n) is 8.54. The van der Waals surface area contributed by atoms with Crippen LogP contribution in [0.25, 0.3) is 0 Å². The summed E-state index contributed by atoms with van der Waals surface area (Å²) in [6, 6.07) is 15.5. The molecule has 4 nitrogen and oxygen atoms in total. The molecule has 3 aromatic rings. The molecule has 0 fully saturated rings. The van der Waals surface area contributed by atoms with Crippen LogP contribution in [0.2, 0.25) is 0 Å². The minimum Gasteiger partial charge on any atom is -0.457 e. The fourth-order valence-electron chi connectivity index (χ4n) is 2.91. The lowest BCUT2D eigenvalue weighted by Gasteiger charge is -2.17. The van der Waals surface area contributed by atoms with Gasteiger partial charge in [0.1, 0.15) is 17.2 Å². The van der Waals surface area contributed by atoms with Gasteiger partial charge in [0, 0.05) is 12.1 Å². The molecule has 6 heteroatoms. The van der Waals surface area contributed by atoms with Crippen molar-refractivity contribution >= 4 is 36.2 Å². The number of hydrogen-bond donors (Lipinski definition) is 2. The summed E-state index contributed by atoms with van der Waals surface area (Å²) in [7, 11) is 0. The lowest BCUT2D eigenvalue weighted by atomic mass is 10.1. The predicted octanol–water partition coefficient (Wildman–Crippen LogP) is 6.51. The fraction of sp³-hybridized carbons (Fsp3) is 0.182. The Morgan fingerprint density at radius 2 is 1.07 bits per heavy atom. The number of aryl methyl sites for hydroxylation is 4. The lowest BCUT2D eigenvalue weighted by molar-refractivity contribution is 0.455. The quantitative estimate of drug-likeness (QED) is 0.471. The second kappa shape index (κ2) is 9.58. The molecule has 4 N–H and O–H groups in total. The molecule has 0 aliphatic heterocycles. The van der Waals surface area contributed by atoms with Gasteiger partial charge in [-0.05, 0) is 49.9 Å². The first kappa shape index (κ1) is 23.5. The van der Waals surface area contributed by atoms with E-state index in [4.69, 9.17) is 20.9 Å². The Morgan fingerprint density at radius 3 is 1.54 bits per heavy atom. The number of para-hydroxylation sites is 2. The van der Waals surface area contributed by atoms with E-state index in [1.165, 1.54) is 0 Å². The van der Waals surface area contributed by atoms with Crippen molar-refractivity contribution in [2.24, 2.45) is 0 Å². The van der Waals surface area contributed by atoms with Gasteiger partial charge in [0.2, 0.25) is 0 Å². The normalized spacial score (nSPS) is 9.86. The second-order valence-corrected chi connectivity index (χ2v) is 6.57. The zero-order valence-corrected chi connectivity index (χ0v) is 18.0. The molecule has 0 spiro atoms. The summed E-state index contributed by atoms with van der Waals surface area (Å²) in [5.74, 6) is 2.68. The zero-order chi connectivity index (χ0) is 18.8. The number of nitrogen functional groups attached to an aromatic ring is 2. The van der Waals surface area contributed by atoms with Gasteiger partial charge in [0.05, 0.1) is 11.4 Å². The molecule has 0 saturated carbocycles. The average molecular weight is 421 g/mol. The number of hydrogen-bond acceptors (Lipinski definition) is 4. The Bertz CT molecular complexity index is 934. The molecule has 0 atom stereocenters. The summed E-state index contributed by atoms with van der Waals surface area (Å²) in [5, 5.41) is 0. The van der Waals surface area contributed by atoms with Gasteiger partial charge in [0.25, 0.3) is 0 Å². The molecule has 0 aromatic heterocycles. The van der Waals surface area contributed by atoms with E-state index in [0.29, 0.717) is 22.9 Å². The van der Waals surface area contributed by atoms with Crippen LogP contribution in [0.15, 0.2) is 48.5 Å². The SMILES string of the molecule is Cc1cccc(C)c1Oc1cc(N)c(N)c(Oc2c(C)cccc2C)c1.Cl.Cl. The Balaban J connectivity index is 0.00000196. The zero-order valence-electron chi connectivity index (χ0n) is 16.4. The third-order valence-electron chi connectivity index (χ3n) is 4.40. The topological polar surface area (TPSA) is 70.5 Å². The van der Waals surface area contributed by atoms with Gasteiger partial charge in [-0.1, -0.05) is 36.4 Å². The van der Waals surface area contributed by atoms with Crippen molar-refractivity contribution in [3.05, 3.63) is 70.8 Å². The number of halogens is 2. The first-order valence-corrected chi connectivity index (χ1v) is 8.54. The highest BCUT2D eigenvalue weighted by atomic mass is 35.5. The van der Waals surface area contributed by atoms with Crippen LogP contribution in [0.5, 0.6) is 23.0 Å². The molecule has 0 aliphatic rings. The Hall–Kier alpha value is -2.56. The number of ether oxygens (including phenoxy) is 2. The minimum absolute atomic E-state index is 0. The minimum atomic E-state index is 0. The molecular formula is C22H26Cl2N2O2. The van der Waals surface area contributed by atoms with Crippen LogP contribution in [-0.4, -0.2) is 0 Å². The first-order chi connectivity index (χ1) is 12.4.